The van der Waals surface area contributed by atoms with E-state index in [0.29, 0.717) is 33.5 Å². The molecule has 0 bridgehead atoms. The number of rotatable bonds is 13. The molecule has 10 nitrogen and oxygen atoms in total. The number of hydrogen-bond acceptors (Lipinski definition) is 6. The first-order valence-corrected chi connectivity index (χ1v) is 14.2. The summed E-state index contributed by atoms with van der Waals surface area (Å²) < 4.78 is 25.3. The number of hydrogen-bond donors (Lipinski definition) is 3. The van der Waals surface area contributed by atoms with Gasteiger partial charge in [-0.25, -0.2) is 18.2 Å². The van der Waals surface area contributed by atoms with E-state index in [1.807, 2.05) is 27.7 Å². The number of nitrogens with two attached hydrogens (primary N) is 1. The van der Waals surface area contributed by atoms with Gasteiger partial charge in [0.15, 0.2) is 10.0 Å². The molecule has 0 saturated carbocycles. The van der Waals surface area contributed by atoms with Gasteiger partial charge >= 0.3 is 5.97 Å². The Morgan fingerprint density at radius 1 is 1.05 bits per heavy atom. The summed E-state index contributed by atoms with van der Waals surface area (Å²) in [6, 6.07) is 13.9. The van der Waals surface area contributed by atoms with Crippen LogP contribution in [-0.4, -0.2) is 47.4 Å². The number of nitrogens with one attached hydrogen (secondary N) is 1. The van der Waals surface area contributed by atoms with Gasteiger partial charge < -0.3 is 25.3 Å². The van der Waals surface area contributed by atoms with Crippen molar-refractivity contribution >= 4 is 39.2 Å². The van der Waals surface area contributed by atoms with Crippen molar-refractivity contribution in [2.75, 3.05) is 0 Å². The van der Waals surface area contributed by atoms with E-state index in [0.717, 1.165) is 0 Å². The molecule has 0 heterocycles. The SMILES string of the molecule is CC.CC.[CH2-]N([CH-]C(=O)NC(CCC(=O)Cc1cccc(N=C(C)N)c1)C(=O)O)S(=O)(=O)Cc1ccccc1.[Y]. The zero-order valence-electron chi connectivity index (χ0n) is 23.8. The van der Waals surface area contributed by atoms with Crippen LogP contribution in [-0.2, 0) is 69.3 Å². The number of carbonyl (C=O) groups excluding carboxylic acids is 2. The second kappa shape index (κ2) is 21.2. The third-order valence-corrected chi connectivity index (χ3v) is 6.27. The Labute approximate surface area is 263 Å². The molecule has 4 N–H and O–H groups in total. The number of aliphatic carboxylic acids is 1. The minimum atomic E-state index is -3.95. The van der Waals surface area contributed by atoms with Crippen molar-refractivity contribution in [1.82, 2.24) is 9.62 Å². The number of ketones is 1. The third-order valence-electron chi connectivity index (χ3n) is 4.75. The summed E-state index contributed by atoms with van der Waals surface area (Å²) in [4.78, 5) is 40.3. The number of nitrogens with zero attached hydrogens (tertiary/aromatic N) is 2. The number of aliphatic imine (C=N–C) groups is 1. The van der Waals surface area contributed by atoms with Crippen LogP contribution in [0.15, 0.2) is 59.6 Å². The fraction of sp³-hybridized carbons (Fsp3) is 0.357. The van der Waals surface area contributed by atoms with E-state index in [9.17, 15) is 27.9 Å². The normalized spacial score (nSPS) is 11.4. The van der Waals surface area contributed by atoms with Gasteiger partial charge in [0, 0.05) is 45.6 Å². The van der Waals surface area contributed by atoms with Crippen molar-refractivity contribution in [2.24, 2.45) is 10.7 Å². The largest absolute Gasteiger partial charge is 0.481 e. The summed E-state index contributed by atoms with van der Waals surface area (Å²) in [6.45, 7) is 10.3. The van der Waals surface area contributed by atoms with Gasteiger partial charge in [0.2, 0.25) is 0 Å². The Morgan fingerprint density at radius 2 is 1.62 bits per heavy atom. The van der Waals surface area contributed by atoms with Gasteiger partial charge in [-0.1, -0.05) is 70.2 Å². The molecule has 12 heteroatoms. The Hall–Kier alpha value is -2.60. The Bertz CT molecular complexity index is 1190. The smallest absolute Gasteiger partial charge is 0.326 e. The van der Waals surface area contributed by atoms with Crippen LogP contribution < -0.4 is 11.1 Å². The van der Waals surface area contributed by atoms with Crippen molar-refractivity contribution in [3.05, 3.63) is 79.3 Å². The van der Waals surface area contributed by atoms with Gasteiger partial charge in [0.25, 0.3) is 0 Å². The summed E-state index contributed by atoms with van der Waals surface area (Å²) in [5.41, 5.74) is 7.36. The molecule has 1 radical (unpaired) electrons. The molecule has 0 saturated heterocycles. The molecule has 1 amide bonds. The predicted octanol–water partition coefficient (Wildman–Crippen LogP) is 3.99. The maximum atomic E-state index is 12.4. The van der Waals surface area contributed by atoms with Crippen molar-refractivity contribution in [1.29, 1.82) is 0 Å². The van der Waals surface area contributed by atoms with Crippen molar-refractivity contribution in [3.63, 3.8) is 0 Å². The summed E-state index contributed by atoms with van der Waals surface area (Å²) in [6.07, 6.45) is -0.216. The van der Waals surface area contributed by atoms with Gasteiger partial charge in [-0.3, -0.25) is 18.4 Å². The van der Waals surface area contributed by atoms with Gasteiger partial charge in [0.05, 0.1) is 23.2 Å². The van der Waals surface area contributed by atoms with Crippen molar-refractivity contribution < 1.29 is 60.6 Å². The van der Waals surface area contributed by atoms with Crippen molar-refractivity contribution in [3.8, 4) is 0 Å². The summed E-state index contributed by atoms with van der Waals surface area (Å²) in [7, 11) is -0.594. The van der Waals surface area contributed by atoms with Gasteiger partial charge in [-0.15, -0.1) is 0 Å². The van der Waals surface area contributed by atoms with Crippen LogP contribution >= 0.6 is 0 Å². The van der Waals surface area contributed by atoms with E-state index < -0.39 is 27.9 Å². The molecular formula is C28H40N4O6SY-2. The molecule has 2 rings (SSSR count). The molecule has 40 heavy (non-hydrogen) atoms. The van der Waals surface area contributed by atoms with E-state index in [1.54, 1.807) is 61.5 Å². The first-order valence-electron chi connectivity index (χ1n) is 12.6. The molecule has 2 aromatic carbocycles. The quantitative estimate of drug-likeness (QED) is 0.168. The molecule has 0 aliphatic carbocycles. The average molecular weight is 650 g/mol. The van der Waals surface area contributed by atoms with E-state index in [1.165, 1.54) is 0 Å². The molecule has 2 aromatic rings. The standard InChI is InChI=1S/C24H28N4O6S.2C2H6.Y/c1-17(25)26-20-10-6-9-19(13-20)14-21(29)11-12-22(24(31)32)27-23(30)15-28(2)35(33,34)16-18-7-4-3-5-8-18;2*1-2;/h3-10,13,15,22H,2,11-12,14,16H2,1H3,(H2,25,26)(H,27,30)(H,31,32);2*1-2H3;/q-2;;;. The number of amides is 1. The Kier molecular flexibility index (Phi) is 21.0. The second-order valence-corrected chi connectivity index (χ2v) is 9.76. The second-order valence-electron chi connectivity index (χ2n) is 7.83. The number of carboxylic acid groups (broad SMARTS) is 1. The van der Waals surface area contributed by atoms with Crippen LogP contribution in [0, 0.1) is 13.6 Å². The van der Waals surface area contributed by atoms with Gasteiger partial charge in [-0.2, -0.15) is 0 Å². The molecule has 0 aliphatic rings. The number of amidine groups is 1. The topological polar surface area (TPSA) is 159 Å². The van der Waals surface area contributed by atoms with Gasteiger partial charge in [-0.05, 0) is 36.6 Å². The van der Waals surface area contributed by atoms with Crippen LogP contribution in [0.2, 0.25) is 0 Å². The number of benzene rings is 2. The maximum Gasteiger partial charge on any atom is 0.326 e. The minimum absolute atomic E-state index is 0. The summed E-state index contributed by atoms with van der Waals surface area (Å²) >= 11 is 0. The summed E-state index contributed by atoms with van der Waals surface area (Å²) in [5, 5.41) is 11.6. The molecule has 1 atom stereocenters. The Balaban J connectivity index is 0. The maximum absolute atomic E-state index is 12.4. The first-order chi connectivity index (χ1) is 18.5. The number of sulfonamides is 1. The molecular weight excluding hydrogens is 609 g/mol. The fourth-order valence-corrected chi connectivity index (χ4v) is 4.14. The molecule has 0 aromatic heterocycles. The molecule has 0 spiro atoms. The van der Waals surface area contributed by atoms with E-state index in [4.69, 9.17) is 5.73 Å². The van der Waals surface area contributed by atoms with Crippen LogP contribution in [0.3, 0.4) is 0 Å². The van der Waals surface area contributed by atoms with E-state index >= 15 is 0 Å². The third kappa shape index (κ3) is 15.9. The minimum Gasteiger partial charge on any atom is -0.481 e. The zero-order valence-corrected chi connectivity index (χ0v) is 27.5. The Morgan fingerprint density at radius 3 is 2.17 bits per heavy atom. The van der Waals surface area contributed by atoms with Crippen LogP contribution in [0.25, 0.3) is 0 Å². The predicted molar refractivity (Wildman–Crippen MR) is 154 cm³/mol. The number of Topliss-reactive ketones (excluding diaryl/α,β-unsaturated/α-hetero) is 1. The first kappa shape index (κ1) is 39.5. The fourth-order valence-electron chi connectivity index (χ4n) is 3.11. The van der Waals surface area contributed by atoms with E-state index in [-0.39, 0.29) is 63.5 Å². The van der Waals surface area contributed by atoms with Gasteiger partial charge in [0.1, 0.15) is 11.8 Å². The molecule has 0 aliphatic heterocycles. The van der Waals surface area contributed by atoms with Crippen LogP contribution in [0.5, 0.6) is 0 Å². The average Bonchev–Trinajstić information content (AvgIpc) is 2.89. The summed E-state index contributed by atoms with van der Waals surface area (Å²) in [5.74, 6) is -2.55. The van der Waals surface area contributed by atoms with Crippen LogP contribution in [0.1, 0.15) is 58.6 Å². The van der Waals surface area contributed by atoms with Crippen molar-refractivity contribution in [2.45, 2.75) is 65.7 Å². The molecule has 1 unspecified atom stereocenters. The molecule has 219 valence electrons. The number of carboxylic acids is 1. The monoisotopic (exact) mass is 649 g/mol. The van der Waals surface area contributed by atoms with Crippen LogP contribution in [0.4, 0.5) is 5.69 Å². The number of carbonyl (C=O) groups is 3. The zero-order chi connectivity index (χ0) is 30.0. The molecule has 0 fully saturated rings. The van der Waals surface area contributed by atoms with E-state index in [2.05, 4.69) is 17.4 Å².